The number of carbonyl (C=O) groups is 1. The van der Waals surface area contributed by atoms with E-state index in [9.17, 15) is 4.79 Å². The smallest absolute Gasteiger partial charge is 0.255 e. The maximum Gasteiger partial charge on any atom is 0.255 e. The molecule has 27 heavy (non-hydrogen) atoms. The summed E-state index contributed by atoms with van der Waals surface area (Å²) < 4.78 is 5.95. The number of anilines is 1. The molecule has 2 fully saturated rings. The Labute approximate surface area is 160 Å². The van der Waals surface area contributed by atoms with Gasteiger partial charge in [-0.1, -0.05) is 0 Å². The molecule has 6 heteroatoms. The highest BCUT2D eigenvalue weighted by atomic mass is 16.5. The molecule has 142 valence electrons. The van der Waals surface area contributed by atoms with Crippen molar-refractivity contribution >= 4 is 11.7 Å². The van der Waals surface area contributed by atoms with Gasteiger partial charge in [0.05, 0.1) is 11.8 Å². The van der Waals surface area contributed by atoms with Gasteiger partial charge in [-0.15, -0.1) is 0 Å². The van der Waals surface area contributed by atoms with Crippen molar-refractivity contribution in [1.82, 2.24) is 14.9 Å². The van der Waals surface area contributed by atoms with Crippen LogP contribution in [0.1, 0.15) is 43.0 Å². The number of pyridine rings is 2. The molecular weight excluding hydrogens is 340 g/mol. The van der Waals surface area contributed by atoms with Crippen LogP contribution in [0.2, 0.25) is 0 Å². The standard InChI is InChI=1S/C21H26N4O2/c1-16-4-3-11-25(16)20-7-6-17(14-23-20)21(26)24-12-8-18(9-13-24)27-19-5-2-10-22-15-19/h2,5-7,10,14-16,18H,3-4,8-9,11-13H2,1H3. The van der Waals surface area contributed by atoms with Crippen LogP contribution >= 0.6 is 0 Å². The topological polar surface area (TPSA) is 58.6 Å². The number of amides is 1. The molecule has 1 atom stereocenters. The number of ether oxygens (including phenoxy) is 1. The minimum atomic E-state index is 0.0587. The lowest BCUT2D eigenvalue weighted by atomic mass is 10.1. The van der Waals surface area contributed by atoms with Crippen molar-refractivity contribution < 1.29 is 9.53 Å². The molecule has 1 unspecified atom stereocenters. The van der Waals surface area contributed by atoms with Gasteiger partial charge in [0, 0.05) is 50.9 Å². The summed E-state index contributed by atoms with van der Waals surface area (Å²) in [5.74, 6) is 1.82. The Kier molecular flexibility index (Phi) is 5.23. The Morgan fingerprint density at radius 2 is 1.96 bits per heavy atom. The van der Waals surface area contributed by atoms with Crippen LogP contribution in [0.3, 0.4) is 0 Å². The number of carbonyl (C=O) groups excluding carboxylic acids is 1. The van der Waals surface area contributed by atoms with Gasteiger partial charge < -0.3 is 14.5 Å². The average molecular weight is 366 g/mol. The fourth-order valence-corrected chi connectivity index (χ4v) is 3.92. The largest absolute Gasteiger partial charge is 0.489 e. The monoisotopic (exact) mass is 366 g/mol. The van der Waals surface area contributed by atoms with Crippen molar-refractivity contribution in [3.8, 4) is 5.75 Å². The van der Waals surface area contributed by atoms with Gasteiger partial charge in [0.25, 0.3) is 5.91 Å². The van der Waals surface area contributed by atoms with Crippen LogP contribution in [-0.2, 0) is 0 Å². The summed E-state index contributed by atoms with van der Waals surface area (Å²) in [5.41, 5.74) is 0.664. The van der Waals surface area contributed by atoms with Crippen LogP contribution in [0.15, 0.2) is 42.9 Å². The van der Waals surface area contributed by atoms with Crippen LogP contribution in [0.4, 0.5) is 5.82 Å². The second kappa shape index (κ2) is 7.94. The maximum atomic E-state index is 12.8. The van der Waals surface area contributed by atoms with E-state index in [2.05, 4.69) is 21.8 Å². The molecule has 0 aromatic carbocycles. The van der Waals surface area contributed by atoms with E-state index >= 15 is 0 Å². The van der Waals surface area contributed by atoms with Gasteiger partial charge in [0.2, 0.25) is 0 Å². The number of rotatable bonds is 4. The summed E-state index contributed by atoms with van der Waals surface area (Å²) in [5, 5.41) is 0. The molecule has 0 radical (unpaired) electrons. The van der Waals surface area contributed by atoms with Crippen LogP contribution < -0.4 is 9.64 Å². The molecule has 2 saturated heterocycles. The normalized spacial score (nSPS) is 20.7. The van der Waals surface area contributed by atoms with Crippen molar-refractivity contribution in [1.29, 1.82) is 0 Å². The first-order valence-corrected chi connectivity index (χ1v) is 9.79. The molecule has 0 spiro atoms. The summed E-state index contributed by atoms with van der Waals surface area (Å²) in [4.78, 5) is 25.6. The van der Waals surface area contributed by atoms with E-state index in [4.69, 9.17) is 4.74 Å². The van der Waals surface area contributed by atoms with Gasteiger partial charge in [0.1, 0.15) is 17.7 Å². The number of piperidine rings is 1. The summed E-state index contributed by atoms with van der Waals surface area (Å²) in [6.07, 6.45) is 9.40. The minimum Gasteiger partial charge on any atom is -0.489 e. The molecule has 2 aromatic heterocycles. The molecule has 4 rings (SSSR count). The van der Waals surface area contributed by atoms with Crippen molar-refractivity contribution in [3.05, 3.63) is 48.4 Å². The summed E-state index contributed by atoms with van der Waals surface area (Å²) in [6.45, 7) is 4.68. The summed E-state index contributed by atoms with van der Waals surface area (Å²) in [7, 11) is 0. The van der Waals surface area contributed by atoms with Crippen LogP contribution in [-0.4, -0.2) is 52.6 Å². The Morgan fingerprint density at radius 1 is 1.11 bits per heavy atom. The van der Waals surface area contributed by atoms with Crippen molar-refractivity contribution in [2.45, 2.75) is 44.8 Å². The number of hydrogen-bond acceptors (Lipinski definition) is 5. The predicted molar refractivity (Wildman–Crippen MR) is 104 cm³/mol. The highest BCUT2D eigenvalue weighted by Gasteiger charge is 2.26. The first kappa shape index (κ1) is 17.8. The van der Waals surface area contributed by atoms with Crippen molar-refractivity contribution in [3.63, 3.8) is 0 Å². The number of nitrogens with zero attached hydrogens (tertiary/aromatic N) is 4. The lowest BCUT2D eigenvalue weighted by Crippen LogP contribution is -2.41. The number of likely N-dealkylation sites (tertiary alicyclic amines) is 1. The summed E-state index contributed by atoms with van der Waals surface area (Å²) >= 11 is 0. The lowest BCUT2D eigenvalue weighted by Gasteiger charge is -2.32. The van der Waals surface area contributed by atoms with E-state index in [-0.39, 0.29) is 12.0 Å². The molecule has 0 saturated carbocycles. The third-order valence-corrected chi connectivity index (χ3v) is 5.51. The average Bonchev–Trinajstić information content (AvgIpc) is 3.15. The first-order valence-electron chi connectivity index (χ1n) is 9.79. The van der Waals surface area contributed by atoms with E-state index < -0.39 is 0 Å². The van der Waals surface area contributed by atoms with Crippen LogP contribution in [0.25, 0.3) is 0 Å². The quantitative estimate of drug-likeness (QED) is 0.832. The molecule has 2 aliphatic rings. The molecule has 6 nitrogen and oxygen atoms in total. The molecule has 0 aliphatic carbocycles. The first-order chi connectivity index (χ1) is 13.2. The van der Waals surface area contributed by atoms with Crippen molar-refractivity contribution in [2.24, 2.45) is 0 Å². The lowest BCUT2D eigenvalue weighted by molar-refractivity contribution is 0.0594. The molecule has 0 N–H and O–H groups in total. The minimum absolute atomic E-state index is 0.0587. The van der Waals surface area contributed by atoms with Gasteiger partial charge in [-0.05, 0) is 44.0 Å². The Morgan fingerprint density at radius 3 is 2.59 bits per heavy atom. The molecule has 2 aliphatic heterocycles. The van der Waals surface area contributed by atoms with E-state index in [0.29, 0.717) is 24.7 Å². The van der Waals surface area contributed by atoms with Crippen LogP contribution in [0.5, 0.6) is 5.75 Å². The third kappa shape index (κ3) is 4.04. The second-order valence-corrected chi connectivity index (χ2v) is 7.39. The predicted octanol–water partition coefficient (Wildman–Crippen LogP) is 3.15. The summed E-state index contributed by atoms with van der Waals surface area (Å²) in [6, 6.07) is 8.20. The Balaban J connectivity index is 1.32. The fourth-order valence-electron chi connectivity index (χ4n) is 3.92. The van der Waals surface area contributed by atoms with Gasteiger partial charge >= 0.3 is 0 Å². The van der Waals surface area contributed by atoms with Crippen molar-refractivity contribution in [2.75, 3.05) is 24.5 Å². The zero-order valence-corrected chi connectivity index (χ0v) is 15.8. The van der Waals surface area contributed by atoms with Gasteiger partial charge in [-0.25, -0.2) is 4.98 Å². The van der Waals surface area contributed by atoms with E-state index in [1.165, 1.54) is 12.8 Å². The molecule has 0 bridgehead atoms. The number of hydrogen-bond donors (Lipinski definition) is 0. The highest BCUT2D eigenvalue weighted by molar-refractivity contribution is 5.94. The zero-order chi connectivity index (χ0) is 18.6. The van der Waals surface area contributed by atoms with E-state index in [0.717, 1.165) is 31.0 Å². The highest BCUT2D eigenvalue weighted by Crippen LogP contribution is 2.24. The molecule has 1 amide bonds. The third-order valence-electron chi connectivity index (χ3n) is 5.51. The van der Waals surface area contributed by atoms with Gasteiger partial charge in [-0.2, -0.15) is 0 Å². The molecular formula is C21H26N4O2. The zero-order valence-electron chi connectivity index (χ0n) is 15.8. The Hall–Kier alpha value is -2.63. The fraction of sp³-hybridized carbons (Fsp3) is 0.476. The second-order valence-electron chi connectivity index (χ2n) is 7.39. The maximum absolute atomic E-state index is 12.8. The van der Waals surface area contributed by atoms with Gasteiger partial charge in [-0.3, -0.25) is 9.78 Å². The number of aromatic nitrogens is 2. The van der Waals surface area contributed by atoms with E-state index in [1.54, 1.807) is 18.6 Å². The van der Waals surface area contributed by atoms with E-state index in [1.807, 2.05) is 29.2 Å². The molecule has 2 aromatic rings. The van der Waals surface area contributed by atoms with Gasteiger partial charge in [0.15, 0.2) is 0 Å². The Bertz CT molecular complexity index is 758. The van der Waals surface area contributed by atoms with Crippen LogP contribution in [0, 0.1) is 0 Å². The SMILES string of the molecule is CC1CCCN1c1ccc(C(=O)N2CCC(Oc3cccnc3)CC2)cn1. The molecule has 4 heterocycles.